The highest BCUT2D eigenvalue weighted by atomic mass is 16.5. The summed E-state index contributed by atoms with van der Waals surface area (Å²) in [6.45, 7) is 10.3. The summed E-state index contributed by atoms with van der Waals surface area (Å²) in [5.74, 6) is 0.834. The fraction of sp³-hybridized carbons (Fsp3) is 1.00. The molecule has 2 heterocycles. The SMILES string of the molecule is CCCN1CCCC(C(C)NC2COC2)C1. The molecule has 0 radical (unpaired) electrons. The number of nitrogens with one attached hydrogen (secondary N) is 1. The number of piperidine rings is 1. The van der Waals surface area contributed by atoms with Crippen molar-refractivity contribution in [1.82, 2.24) is 10.2 Å². The normalized spacial score (nSPS) is 30.0. The van der Waals surface area contributed by atoms with Gasteiger partial charge in [0.15, 0.2) is 0 Å². The Kier molecular flexibility index (Phi) is 4.62. The van der Waals surface area contributed by atoms with E-state index in [2.05, 4.69) is 24.1 Å². The molecular formula is C13H26N2O. The zero-order chi connectivity index (χ0) is 11.4. The minimum absolute atomic E-state index is 0.622. The summed E-state index contributed by atoms with van der Waals surface area (Å²) >= 11 is 0. The fourth-order valence-corrected chi connectivity index (χ4v) is 2.86. The van der Waals surface area contributed by atoms with Crippen LogP contribution in [-0.4, -0.2) is 49.8 Å². The molecule has 0 amide bonds. The van der Waals surface area contributed by atoms with Gasteiger partial charge in [-0.2, -0.15) is 0 Å². The first-order valence-corrected chi connectivity index (χ1v) is 6.85. The molecule has 2 aliphatic heterocycles. The summed E-state index contributed by atoms with van der Waals surface area (Å²) in [5.41, 5.74) is 0. The lowest BCUT2D eigenvalue weighted by atomic mass is 9.91. The second-order valence-electron chi connectivity index (χ2n) is 5.39. The van der Waals surface area contributed by atoms with Gasteiger partial charge in [0.1, 0.15) is 0 Å². The van der Waals surface area contributed by atoms with E-state index in [1.54, 1.807) is 0 Å². The van der Waals surface area contributed by atoms with E-state index in [9.17, 15) is 0 Å². The van der Waals surface area contributed by atoms with Crippen LogP contribution < -0.4 is 5.32 Å². The molecule has 2 aliphatic rings. The Balaban J connectivity index is 1.73. The topological polar surface area (TPSA) is 24.5 Å². The van der Waals surface area contributed by atoms with Crippen molar-refractivity contribution in [2.45, 2.75) is 45.2 Å². The van der Waals surface area contributed by atoms with Crippen molar-refractivity contribution in [3.05, 3.63) is 0 Å². The summed E-state index contributed by atoms with van der Waals surface area (Å²) in [5, 5.41) is 3.70. The highest BCUT2D eigenvalue weighted by molar-refractivity contribution is 4.84. The van der Waals surface area contributed by atoms with Gasteiger partial charge in [-0.1, -0.05) is 6.92 Å². The third kappa shape index (κ3) is 3.19. The first-order valence-electron chi connectivity index (χ1n) is 6.85. The van der Waals surface area contributed by atoms with E-state index in [1.807, 2.05) is 0 Å². The van der Waals surface area contributed by atoms with Crippen LogP contribution in [0.5, 0.6) is 0 Å². The second-order valence-corrected chi connectivity index (χ2v) is 5.39. The number of hydrogen-bond acceptors (Lipinski definition) is 3. The molecule has 2 saturated heterocycles. The van der Waals surface area contributed by atoms with E-state index >= 15 is 0 Å². The lowest BCUT2D eigenvalue weighted by Crippen LogP contribution is -2.53. The van der Waals surface area contributed by atoms with Crippen molar-refractivity contribution in [1.29, 1.82) is 0 Å². The van der Waals surface area contributed by atoms with Crippen LogP contribution in [0.2, 0.25) is 0 Å². The van der Waals surface area contributed by atoms with E-state index in [1.165, 1.54) is 38.9 Å². The van der Waals surface area contributed by atoms with Crippen molar-refractivity contribution in [2.75, 3.05) is 32.8 Å². The van der Waals surface area contributed by atoms with Gasteiger partial charge in [-0.05, 0) is 45.2 Å². The molecule has 0 aromatic rings. The van der Waals surface area contributed by atoms with Crippen molar-refractivity contribution >= 4 is 0 Å². The quantitative estimate of drug-likeness (QED) is 0.768. The van der Waals surface area contributed by atoms with Gasteiger partial charge in [0.05, 0.1) is 19.3 Å². The third-order valence-corrected chi connectivity index (χ3v) is 3.93. The molecule has 94 valence electrons. The lowest BCUT2D eigenvalue weighted by molar-refractivity contribution is -0.0146. The van der Waals surface area contributed by atoms with Crippen LogP contribution >= 0.6 is 0 Å². The number of hydrogen-bond donors (Lipinski definition) is 1. The van der Waals surface area contributed by atoms with E-state index in [0.29, 0.717) is 12.1 Å². The standard InChI is InChI=1S/C13H26N2O/c1-3-6-15-7-4-5-12(8-15)11(2)14-13-9-16-10-13/h11-14H,3-10H2,1-2H3. The van der Waals surface area contributed by atoms with Crippen LogP contribution in [0.4, 0.5) is 0 Å². The number of nitrogens with zero attached hydrogens (tertiary/aromatic N) is 1. The number of ether oxygens (including phenoxy) is 1. The maximum atomic E-state index is 5.21. The molecule has 3 heteroatoms. The maximum absolute atomic E-state index is 5.21. The Morgan fingerprint density at radius 3 is 2.88 bits per heavy atom. The smallest absolute Gasteiger partial charge is 0.0643 e. The Morgan fingerprint density at radius 2 is 2.25 bits per heavy atom. The third-order valence-electron chi connectivity index (χ3n) is 3.93. The lowest BCUT2D eigenvalue weighted by Gasteiger charge is -2.39. The molecule has 1 N–H and O–H groups in total. The Labute approximate surface area is 99.5 Å². The average molecular weight is 226 g/mol. The molecule has 0 aromatic heterocycles. The van der Waals surface area contributed by atoms with Gasteiger partial charge in [-0.25, -0.2) is 0 Å². The molecule has 3 nitrogen and oxygen atoms in total. The monoisotopic (exact) mass is 226 g/mol. The van der Waals surface area contributed by atoms with Crippen LogP contribution in [0.15, 0.2) is 0 Å². The van der Waals surface area contributed by atoms with Gasteiger partial charge < -0.3 is 15.0 Å². The number of likely N-dealkylation sites (tertiary alicyclic amines) is 1. The van der Waals surface area contributed by atoms with Gasteiger partial charge >= 0.3 is 0 Å². The number of rotatable bonds is 5. The van der Waals surface area contributed by atoms with E-state index in [0.717, 1.165) is 19.1 Å². The van der Waals surface area contributed by atoms with Crippen LogP contribution in [0.25, 0.3) is 0 Å². The van der Waals surface area contributed by atoms with Gasteiger partial charge in [0.25, 0.3) is 0 Å². The first-order chi connectivity index (χ1) is 7.79. The summed E-state index contributed by atoms with van der Waals surface area (Å²) < 4.78 is 5.21. The molecule has 0 aromatic carbocycles. The van der Waals surface area contributed by atoms with Gasteiger partial charge in [-0.3, -0.25) is 0 Å². The summed E-state index contributed by atoms with van der Waals surface area (Å²) in [6.07, 6.45) is 4.05. The van der Waals surface area contributed by atoms with Crippen LogP contribution in [0.3, 0.4) is 0 Å². The van der Waals surface area contributed by atoms with Gasteiger partial charge in [-0.15, -0.1) is 0 Å². The molecule has 0 bridgehead atoms. The summed E-state index contributed by atoms with van der Waals surface area (Å²) in [4.78, 5) is 2.63. The zero-order valence-corrected chi connectivity index (χ0v) is 10.7. The minimum Gasteiger partial charge on any atom is -0.378 e. The predicted molar refractivity (Wildman–Crippen MR) is 66.7 cm³/mol. The molecule has 2 unspecified atom stereocenters. The van der Waals surface area contributed by atoms with Crippen LogP contribution in [0, 0.1) is 5.92 Å². The summed E-state index contributed by atoms with van der Waals surface area (Å²) in [7, 11) is 0. The van der Waals surface area contributed by atoms with Crippen molar-refractivity contribution in [2.24, 2.45) is 5.92 Å². The van der Waals surface area contributed by atoms with Crippen molar-refractivity contribution < 1.29 is 4.74 Å². The molecular weight excluding hydrogens is 200 g/mol. The van der Waals surface area contributed by atoms with E-state index < -0.39 is 0 Å². The maximum Gasteiger partial charge on any atom is 0.0643 e. The first kappa shape index (κ1) is 12.3. The van der Waals surface area contributed by atoms with Crippen LogP contribution in [-0.2, 0) is 4.74 Å². The van der Waals surface area contributed by atoms with Crippen molar-refractivity contribution in [3.63, 3.8) is 0 Å². The molecule has 0 saturated carbocycles. The average Bonchev–Trinajstić information content (AvgIpc) is 2.24. The highest BCUT2D eigenvalue weighted by Crippen LogP contribution is 2.20. The fourth-order valence-electron chi connectivity index (χ4n) is 2.86. The summed E-state index contributed by atoms with van der Waals surface area (Å²) in [6, 6.07) is 1.27. The Hall–Kier alpha value is -0.120. The Morgan fingerprint density at radius 1 is 1.44 bits per heavy atom. The molecule has 0 aliphatic carbocycles. The molecule has 2 fully saturated rings. The van der Waals surface area contributed by atoms with Crippen molar-refractivity contribution in [3.8, 4) is 0 Å². The molecule has 2 atom stereocenters. The van der Waals surface area contributed by atoms with E-state index in [-0.39, 0.29) is 0 Å². The van der Waals surface area contributed by atoms with Crippen LogP contribution in [0.1, 0.15) is 33.1 Å². The zero-order valence-electron chi connectivity index (χ0n) is 10.7. The second kappa shape index (κ2) is 5.99. The van der Waals surface area contributed by atoms with Gasteiger partial charge in [0.2, 0.25) is 0 Å². The molecule has 2 rings (SSSR count). The highest BCUT2D eigenvalue weighted by Gasteiger charge is 2.27. The molecule has 16 heavy (non-hydrogen) atoms. The Bertz CT molecular complexity index is 204. The molecule has 0 spiro atoms. The largest absolute Gasteiger partial charge is 0.378 e. The van der Waals surface area contributed by atoms with E-state index in [4.69, 9.17) is 4.74 Å². The minimum atomic E-state index is 0.622. The van der Waals surface area contributed by atoms with Gasteiger partial charge in [0, 0.05) is 12.6 Å². The predicted octanol–water partition coefficient (Wildman–Crippen LogP) is 1.49.